The maximum atomic E-state index is 12.2. The van der Waals surface area contributed by atoms with Gasteiger partial charge in [0.2, 0.25) is 5.91 Å². The Labute approximate surface area is 132 Å². The van der Waals surface area contributed by atoms with E-state index in [1.54, 1.807) is 0 Å². The molecule has 1 N–H and O–H groups in total. The summed E-state index contributed by atoms with van der Waals surface area (Å²) >= 11 is 6.25. The molecule has 1 aromatic carbocycles. The Kier molecular flexibility index (Phi) is 5.48. The number of hydrogen-bond donors (Lipinski definition) is 1. The van der Waals surface area contributed by atoms with Gasteiger partial charge in [-0.05, 0) is 38.1 Å². The van der Waals surface area contributed by atoms with Gasteiger partial charge in [-0.15, -0.1) is 0 Å². The fraction of sp³-hybridized carbons (Fsp3) is 0.562. The number of rotatable bonds is 4. The molecule has 1 heterocycles. The van der Waals surface area contributed by atoms with Crippen LogP contribution in [0.15, 0.2) is 12.1 Å². The maximum Gasteiger partial charge on any atom is 0.224 e. The van der Waals surface area contributed by atoms with Gasteiger partial charge in [-0.25, -0.2) is 0 Å². The highest BCUT2D eigenvalue weighted by atomic mass is 35.5. The summed E-state index contributed by atoms with van der Waals surface area (Å²) in [5.41, 5.74) is 3.21. The van der Waals surface area contributed by atoms with Crippen LogP contribution in [0.4, 0.5) is 5.69 Å². The molecule has 0 aromatic heterocycles. The number of likely N-dealkylation sites (N-methyl/N-ethyl adjacent to an activating group) is 1. The molecule has 0 spiro atoms. The molecule has 0 bridgehead atoms. The third-order valence-corrected chi connectivity index (χ3v) is 4.23. The van der Waals surface area contributed by atoms with Crippen LogP contribution in [0.2, 0.25) is 5.02 Å². The van der Waals surface area contributed by atoms with Gasteiger partial charge in [0.05, 0.1) is 10.7 Å². The van der Waals surface area contributed by atoms with E-state index in [0.717, 1.165) is 48.0 Å². The molecule has 0 unspecified atom stereocenters. The number of piperazine rings is 1. The summed E-state index contributed by atoms with van der Waals surface area (Å²) < 4.78 is 0. The van der Waals surface area contributed by atoms with Crippen molar-refractivity contribution in [3.8, 4) is 0 Å². The standard InChI is InChI=1S/C16H24ClN3O/c1-12-10-13(2)16(14(17)11-12)18-5-4-15(21)20-8-6-19(3)7-9-20/h10-11,18H,4-9H2,1-3H3. The summed E-state index contributed by atoms with van der Waals surface area (Å²) in [5, 5.41) is 4.02. The number of carbonyl (C=O) groups is 1. The predicted octanol–water partition coefficient (Wildman–Crippen LogP) is 2.53. The first-order chi connectivity index (χ1) is 9.97. The Morgan fingerprint density at radius 2 is 1.90 bits per heavy atom. The zero-order chi connectivity index (χ0) is 15.4. The first kappa shape index (κ1) is 16.1. The molecule has 0 radical (unpaired) electrons. The van der Waals surface area contributed by atoms with E-state index < -0.39 is 0 Å². The van der Waals surface area contributed by atoms with Crippen LogP contribution in [0.1, 0.15) is 17.5 Å². The van der Waals surface area contributed by atoms with E-state index in [1.165, 1.54) is 0 Å². The SMILES string of the molecule is Cc1cc(C)c(NCCC(=O)N2CCN(C)CC2)c(Cl)c1. The quantitative estimate of drug-likeness (QED) is 0.928. The van der Waals surface area contributed by atoms with Gasteiger partial charge in [-0.1, -0.05) is 17.7 Å². The van der Waals surface area contributed by atoms with Gasteiger partial charge in [-0.2, -0.15) is 0 Å². The van der Waals surface area contributed by atoms with E-state index in [-0.39, 0.29) is 5.91 Å². The Hall–Kier alpha value is -1.26. The first-order valence-corrected chi connectivity index (χ1v) is 7.82. The van der Waals surface area contributed by atoms with Gasteiger partial charge >= 0.3 is 0 Å². The van der Waals surface area contributed by atoms with Gasteiger partial charge in [0, 0.05) is 39.1 Å². The van der Waals surface area contributed by atoms with Gasteiger partial charge in [0.1, 0.15) is 0 Å². The number of hydrogen-bond acceptors (Lipinski definition) is 3. The average Bonchev–Trinajstić information content (AvgIpc) is 2.42. The molecule has 2 rings (SSSR count). The van der Waals surface area contributed by atoms with Gasteiger partial charge < -0.3 is 15.1 Å². The molecule has 1 aliphatic rings. The van der Waals surface area contributed by atoms with Crippen LogP contribution in [0.5, 0.6) is 0 Å². The molecule has 1 fully saturated rings. The third-order valence-electron chi connectivity index (χ3n) is 3.93. The molecule has 116 valence electrons. The minimum absolute atomic E-state index is 0.219. The smallest absolute Gasteiger partial charge is 0.224 e. The number of nitrogens with zero attached hydrogens (tertiary/aromatic N) is 2. The topological polar surface area (TPSA) is 35.6 Å². The van der Waals surface area contributed by atoms with Gasteiger partial charge in [-0.3, -0.25) is 4.79 Å². The fourth-order valence-corrected chi connectivity index (χ4v) is 3.04. The molecule has 4 nitrogen and oxygen atoms in total. The molecular formula is C16H24ClN3O. The van der Waals surface area contributed by atoms with Crippen LogP contribution in [-0.2, 0) is 4.79 Å². The predicted molar refractivity (Wildman–Crippen MR) is 88.1 cm³/mol. The highest BCUT2D eigenvalue weighted by Gasteiger charge is 2.18. The Morgan fingerprint density at radius 3 is 2.52 bits per heavy atom. The van der Waals surface area contributed by atoms with E-state index in [1.807, 2.05) is 24.8 Å². The lowest BCUT2D eigenvalue weighted by atomic mass is 10.1. The molecule has 1 amide bonds. The molecule has 21 heavy (non-hydrogen) atoms. The number of benzene rings is 1. The molecule has 5 heteroatoms. The van der Waals surface area contributed by atoms with Crippen molar-refractivity contribution < 1.29 is 4.79 Å². The van der Waals surface area contributed by atoms with E-state index in [0.29, 0.717) is 13.0 Å². The van der Waals surface area contributed by atoms with Crippen LogP contribution in [0.3, 0.4) is 0 Å². The Morgan fingerprint density at radius 1 is 1.24 bits per heavy atom. The van der Waals surface area contributed by atoms with Crippen molar-refractivity contribution in [2.75, 3.05) is 45.1 Å². The van der Waals surface area contributed by atoms with Crippen molar-refractivity contribution >= 4 is 23.2 Å². The monoisotopic (exact) mass is 309 g/mol. The number of nitrogens with one attached hydrogen (secondary N) is 1. The van der Waals surface area contributed by atoms with Crippen molar-refractivity contribution in [1.29, 1.82) is 0 Å². The number of carbonyl (C=O) groups excluding carboxylic acids is 1. The summed E-state index contributed by atoms with van der Waals surface area (Å²) in [5.74, 6) is 0.219. The molecule has 0 atom stereocenters. The number of anilines is 1. The normalized spacial score (nSPS) is 16.1. The van der Waals surface area contributed by atoms with Crippen molar-refractivity contribution in [3.63, 3.8) is 0 Å². The van der Waals surface area contributed by atoms with E-state index in [9.17, 15) is 4.79 Å². The van der Waals surface area contributed by atoms with Gasteiger partial charge in [0.15, 0.2) is 0 Å². The molecular weight excluding hydrogens is 286 g/mol. The lowest BCUT2D eigenvalue weighted by Gasteiger charge is -2.32. The summed E-state index contributed by atoms with van der Waals surface area (Å²) in [7, 11) is 2.09. The van der Waals surface area contributed by atoms with Crippen molar-refractivity contribution in [1.82, 2.24) is 9.80 Å². The zero-order valence-corrected chi connectivity index (χ0v) is 13.8. The van der Waals surface area contributed by atoms with Crippen molar-refractivity contribution in [3.05, 3.63) is 28.3 Å². The number of aryl methyl sites for hydroxylation is 2. The summed E-state index contributed by atoms with van der Waals surface area (Å²) in [6.45, 7) is 8.27. The third kappa shape index (κ3) is 4.35. The number of amides is 1. The second-order valence-electron chi connectivity index (χ2n) is 5.80. The minimum atomic E-state index is 0.219. The van der Waals surface area contributed by atoms with Crippen molar-refractivity contribution in [2.45, 2.75) is 20.3 Å². The molecule has 0 aliphatic carbocycles. The second-order valence-corrected chi connectivity index (χ2v) is 6.21. The van der Waals surface area contributed by atoms with Crippen LogP contribution in [-0.4, -0.2) is 55.5 Å². The summed E-state index contributed by atoms with van der Waals surface area (Å²) in [4.78, 5) is 16.4. The largest absolute Gasteiger partial charge is 0.383 e. The summed E-state index contributed by atoms with van der Waals surface area (Å²) in [6.07, 6.45) is 0.507. The van der Waals surface area contributed by atoms with Crippen LogP contribution in [0.25, 0.3) is 0 Å². The highest BCUT2D eigenvalue weighted by Crippen LogP contribution is 2.27. The molecule has 1 saturated heterocycles. The van der Waals surface area contributed by atoms with E-state index >= 15 is 0 Å². The first-order valence-electron chi connectivity index (χ1n) is 7.44. The van der Waals surface area contributed by atoms with Crippen molar-refractivity contribution in [2.24, 2.45) is 0 Å². The number of halogens is 1. The average molecular weight is 310 g/mol. The maximum absolute atomic E-state index is 12.2. The minimum Gasteiger partial charge on any atom is -0.383 e. The molecule has 1 aliphatic heterocycles. The zero-order valence-electron chi connectivity index (χ0n) is 13.1. The molecule has 1 aromatic rings. The molecule has 0 saturated carbocycles. The van der Waals surface area contributed by atoms with Crippen LogP contribution >= 0.6 is 11.6 Å². The highest BCUT2D eigenvalue weighted by molar-refractivity contribution is 6.33. The van der Waals surface area contributed by atoms with Crippen LogP contribution in [0, 0.1) is 13.8 Å². The summed E-state index contributed by atoms with van der Waals surface area (Å²) in [6, 6.07) is 4.04. The van der Waals surface area contributed by atoms with Crippen LogP contribution < -0.4 is 5.32 Å². The van der Waals surface area contributed by atoms with E-state index in [4.69, 9.17) is 11.6 Å². The lowest BCUT2D eigenvalue weighted by molar-refractivity contribution is -0.132. The van der Waals surface area contributed by atoms with Gasteiger partial charge in [0.25, 0.3) is 0 Å². The Bertz CT molecular complexity index is 487. The fourth-order valence-electron chi connectivity index (χ4n) is 2.65. The second kappa shape index (κ2) is 7.14. The Balaban J connectivity index is 1.83. The van der Waals surface area contributed by atoms with E-state index in [2.05, 4.69) is 23.3 Å². The lowest BCUT2D eigenvalue weighted by Crippen LogP contribution is -2.47.